The van der Waals surface area contributed by atoms with Crippen LogP contribution in [0.2, 0.25) is 0 Å². The van der Waals surface area contributed by atoms with Crippen molar-refractivity contribution in [3.63, 3.8) is 0 Å². The van der Waals surface area contributed by atoms with Gasteiger partial charge < -0.3 is 9.80 Å². The zero-order valence-electron chi connectivity index (χ0n) is 37.2. The van der Waals surface area contributed by atoms with Crippen LogP contribution in [0.15, 0.2) is 109 Å². The molecule has 2 nitrogen and oxygen atoms in total. The van der Waals surface area contributed by atoms with Gasteiger partial charge in [0.15, 0.2) is 0 Å². The van der Waals surface area contributed by atoms with Gasteiger partial charge in [0.2, 0.25) is 0 Å². The summed E-state index contributed by atoms with van der Waals surface area (Å²) in [6.07, 6.45) is 4.98. The summed E-state index contributed by atoms with van der Waals surface area (Å²) >= 11 is 0. The maximum absolute atomic E-state index is 2.89. The molecule has 2 unspecified atom stereocenters. The van der Waals surface area contributed by atoms with Gasteiger partial charge in [-0.1, -0.05) is 154 Å². The topological polar surface area (TPSA) is 6.48 Å². The second-order valence-electron chi connectivity index (χ2n) is 21.8. The van der Waals surface area contributed by atoms with Crippen molar-refractivity contribution in [3.8, 4) is 22.3 Å². The summed E-state index contributed by atoms with van der Waals surface area (Å²) in [5, 5.41) is 0. The average Bonchev–Trinajstić information content (AvgIpc) is 3.55. The predicted molar refractivity (Wildman–Crippen MR) is 254 cm³/mol. The molecule has 0 spiro atoms. The number of anilines is 5. The van der Waals surface area contributed by atoms with Crippen LogP contribution in [-0.2, 0) is 21.7 Å². The summed E-state index contributed by atoms with van der Waals surface area (Å²) in [4.78, 5) is 5.58. The van der Waals surface area contributed by atoms with Gasteiger partial charge in [0.25, 0.3) is 6.71 Å². The van der Waals surface area contributed by atoms with E-state index in [0.717, 1.165) is 0 Å². The molecule has 3 heteroatoms. The lowest BCUT2D eigenvalue weighted by Gasteiger charge is -2.53. The standard InChI is InChI=1S/C56H59BN2/c1-34-27-48-50-49(28-34)59-51-43(55(10)25-17-18-26-56(55,59)11)30-37(53(5,6)7)31-45(51)57(50)44-33-42-40(38-21-15-16-22-41(38)54(42,8)9)32-47(44)58(48)46-24-23-36(52(2,3)4)29-39(46)35-19-13-12-14-20-35/h12-16,19-24,27-33H,17-18,25-26H2,1-11H3. The van der Waals surface area contributed by atoms with Crippen molar-refractivity contribution >= 4 is 51.5 Å². The molecule has 3 aliphatic heterocycles. The quantitative estimate of drug-likeness (QED) is 0.162. The van der Waals surface area contributed by atoms with Crippen molar-refractivity contribution in [3.05, 3.63) is 143 Å². The van der Waals surface area contributed by atoms with Crippen LogP contribution in [0.4, 0.5) is 28.4 Å². The molecule has 0 amide bonds. The normalized spacial score (nSPS) is 21.7. The minimum absolute atomic E-state index is 0.00952. The number of rotatable bonds is 2. The van der Waals surface area contributed by atoms with Gasteiger partial charge in [0.1, 0.15) is 0 Å². The number of fused-ring (bicyclic) bond motifs is 10. The van der Waals surface area contributed by atoms with Gasteiger partial charge in [-0.15, -0.1) is 0 Å². The zero-order chi connectivity index (χ0) is 41.2. The number of aryl methyl sites for hydroxylation is 1. The maximum Gasteiger partial charge on any atom is 0.252 e. The monoisotopic (exact) mass is 770 g/mol. The molecule has 59 heavy (non-hydrogen) atoms. The Balaban J connectivity index is 1.30. The van der Waals surface area contributed by atoms with Crippen molar-refractivity contribution in [2.45, 2.75) is 129 Å². The first kappa shape index (κ1) is 37.0. The third-order valence-electron chi connectivity index (χ3n) is 15.9. The number of hydrogen-bond acceptors (Lipinski definition) is 2. The highest BCUT2D eigenvalue weighted by Crippen LogP contribution is 2.63. The largest absolute Gasteiger partial charge is 0.335 e. The molecular formula is C56H59BN2. The second kappa shape index (κ2) is 11.8. The molecule has 296 valence electrons. The second-order valence-corrected chi connectivity index (χ2v) is 21.8. The third-order valence-corrected chi connectivity index (χ3v) is 15.9. The predicted octanol–water partition coefficient (Wildman–Crippen LogP) is 12.9. The smallest absolute Gasteiger partial charge is 0.252 e. The van der Waals surface area contributed by atoms with Crippen molar-refractivity contribution in [1.82, 2.24) is 0 Å². The van der Waals surface area contributed by atoms with Crippen molar-refractivity contribution in [2.24, 2.45) is 0 Å². The first-order chi connectivity index (χ1) is 27.9. The van der Waals surface area contributed by atoms with E-state index in [1.54, 1.807) is 5.56 Å². The van der Waals surface area contributed by atoms with Gasteiger partial charge in [-0.3, -0.25) is 0 Å². The summed E-state index contributed by atoms with van der Waals surface area (Å²) in [7, 11) is 0. The molecule has 6 aromatic carbocycles. The van der Waals surface area contributed by atoms with E-state index in [1.807, 2.05) is 0 Å². The van der Waals surface area contributed by atoms with Crippen LogP contribution in [0.3, 0.4) is 0 Å². The fraction of sp³-hybridized carbons (Fsp3) is 0.357. The molecule has 2 aliphatic carbocycles. The molecule has 11 rings (SSSR count). The molecule has 5 aliphatic rings. The van der Waals surface area contributed by atoms with Crippen LogP contribution in [0, 0.1) is 6.92 Å². The first-order valence-corrected chi connectivity index (χ1v) is 22.4. The molecule has 0 saturated heterocycles. The Morgan fingerprint density at radius 3 is 1.98 bits per heavy atom. The summed E-state index contributed by atoms with van der Waals surface area (Å²) in [6, 6.07) is 43.2. The summed E-state index contributed by atoms with van der Waals surface area (Å²) in [6.45, 7) is 26.8. The van der Waals surface area contributed by atoms with Crippen LogP contribution < -0.4 is 26.2 Å². The fourth-order valence-corrected chi connectivity index (χ4v) is 12.4. The number of hydrogen-bond donors (Lipinski definition) is 0. The maximum atomic E-state index is 2.89. The van der Waals surface area contributed by atoms with Gasteiger partial charge >= 0.3 is 0 Å². The molecule has 0 N–H and O–H groups in total. The Bertz CT molecular complexity index is 2780. The van der Waals surface area contributed by atoms with E-state index in [1.165, 1.54) is 121 Å². The highest BCUT2D eigenvalue weighted by atomic mass is 15.3. The van der Waals surface area contributed by atoms with E-state index in [0.29, 0.717) is 0 Å². The average molecular weight is 771 g/mol. The molecule has 2 atom stereocenters. The van der Waals surface area contributed by atoms with Crippen LogP contribution in [0.1, 0.15) is 128 Å². The van der Waals surface area contributed by atoms with Crippen molar-refractivity contribution in [2.75, 3.05) is 9.80 Å². The highest BCUT2D eigenvalue weighted by Gasteiger charge is 2.61. The molecule has 0 aromatic heterocycles. The Labute approximate surface area is 353 Å². The number of nitrogens with zero attached hydrogens (tertiary/aromatic N) is 2. The molecule has 1 fully saturated rings. The number of benzene rings is 6. The van der Waals surface area contributed by atoms with E-state index >= 15 is 0 Å². The van der Waals surface area contributed by atoms with Crippen LogP contribution >= 0.6 is 0 Å². The first-order valence-electron chi connectivity index (χ1n) is 22.4. The molecule has 1 saturated carbocycles. The van der Waals surface area contributed by atoms with Crippen LogP contribution in [0.25, 0.3) is 22.3 Å². The fourth-order valence-electron chi connectivity index (χ4n) is 12.4. The van der Waals surface area contributed by atoms with Crippen LogP contribution in [-0.4, -0.2) is 12.3 Å². The summed E-state index contributed by atoms with van der Waals surface area (Å²) < 4.78 is 0. The molecule has 0 bridgehead atoms. The highest BCUT2D eigenvalue weighted by molar-refractivity contribution is 7.00. The van der Waals surface area contributed by atoms with Crippen molar-refractivity contribution in [1.29, 1.82) is 0 Å². The zero-order valence-corrected chi connectivity index (χ0v) is 37.2. The van der Waals surface area contributed by atoms with Gasteiger partial charge in [-0.2, -0.15) is 0 Å². The van der Waals surface area contributed by atoms with Gasteiger partial charge in [0, 0.05) is 39.1 Å². The van der Waals surface area contributed by atoms with Gasteiger partial charge in [-0.05, 0) is 134 Å². The third kappa shape index (κ3) is 4.82. The lowest BCUT2D eigenvalue weighted by molar-refractivity contribution is 0.195. The summed E-state index contributed by atoms with van der Waals surface area (Å²) in [5.74, 6) is 0. The Morgan fingerprint density at radius 2 is 1.24 bits per heavy atom. The Kier molecular flexibility index (Phi) is 7.43. The lowest BCUT2D eigenvalue weighted by Crippen LogP contribution is -2.64. The van der Waals surface area contributed by atoms with Crippen molar-refractivity contribution < 1.29 is 0 Å². The lowest BCUT2D eigenvalue weighted by atomic mass is 9.33. The Morgan fingerprint density at radius 1 is 0.542 bits per heavy atom. The molecule has 0 radical (unpaired) electrons. The molecule has 6 aromatic rings. The minimum atomic E-state index is -0.114. The van der Waals surface area contributed by atoms with E-state index in [2.05, 4.69) is 195 Å². The minimum Gasteiger partial charge on any atom is -0.335 e. The van der Waals surface area contributed by atoms with E-state index in [4.69, 9.17) is 0 Å². The van der Waals surface area contributed by atoms with E-state index in [9.17, 15) is 0 Å². The van der Waals surface area contributed by atoms with Crippen LogP contribution in [0.5, 0.6) is 0 Å². The van der Waals surface area contributed by atoms with Gasteiger partial charge in [0.05, 0.1) is 11.2 Å². The summed E-state index contributed by atoms with van der Waals surface area (Å²) in [5.41, 5.74) is 25.0. The Hall–Kier alpha value is -5.02. The van der Waals surface area contributed by atoms with E-state index in [-0.39, 0.29) is 33.9 Å². The SMILES string of the molecule is Cc1cc2c3c(c1)N1c4c(cc(C(C)(C)C)cc4C4(C)CCCCC14C)B3c1cc3c(cc1N2c1ccc(C(C)(C)C)cc1-c1ccccc1)-c1ccccc1C3(C)C. The van der Waals surface area contributed by atoms with Gasteiger partial charge in [-0.25, -0.2) is 0 Å². The van der Waals surface area contributed by atoms with E-state index < -0.39 is 0 Å². The molecular weight excluding hydrogens is 711 g/mol. The molecule has 3 heterocycles.